The number of anilines is 1. The minimum atomic E-state index is -4.73. The normalized spacial score (nSPS) is 14.9. The fourth-order valence-electron chi connectivity index (χ4n) is 3.86. The molecule has 1 fully saturated rings. The molecule has 34 heavy (non-hydrogen) atoms. The van der Waals surface area contributed by atoms with Gasteiger partial charge in [-0.2, -0.15) is 13.2 Å². The maximum Gasteiger partial charge on any atom is 0.418 e. The Hall–Kier alpha value is -3.41. The molecule has 182 valence electrons. The summed E-state index contributed by atoms with van der Waals surface area (Å²) in [6, 6.07) is 2.08. The van der Waals surface area contributed by atoms with Crippen LogP contribution < -0.4 is 15.4 Å². The van der Waals surface area contributed by atoms with Crippen molar-refractivity contribution in [3.05, 3.63) is 47.8 Å². The molecule has 1 aliphatic rings. The minimum absolute atomic E-state index is 0.148. The number of ether oxygens (including phenoxy) is 1. The van der Waals surface area contributed by atoms with Crippen molar-refractivity contribution >= 4 is 22.8 Å². The van der Waals surface area contributed by atoms with E-state index in [2.05, 4.69) is 25.5 Å². The van der Waals surface area contributed by atoms with Gasteiger partial charge in [-0.1, -0.05) is 6.42 Å². The van der Waals surface area contributed by atoms with Gasteiger partial charge < -0.3 is 25.3 Å². The number of H-pyrrole nitrogens is 1. The largest absolute Gasteiger partial charge is 0.450 e. The van der Waals surface area contributed by atoms with Crippen LogP contribution in [0.5, 0.6) is 11.5 Å². The first-order valence-electron chi connectivity index (χ1n) is 10.7. The van der Waals surface area contributed by atoms with Crippen LogP contribution >= 0.6 is 0 Å². The van der Waals surface area contributed by atoms with E-state index in [-0.39, 0.29) is 11.3 Å². The summed E-state index contributed by atoms with van der Waals surface area (Å²) in [5, 5.41) is 4.51. The number of carbonyl (C=O) groups is 1. The fraction of sp³-hybridized carbons (Fsp3) is 0.364. The van der Waals surface area contributed by atoms with Gasteiger partial charge in [-0.05, 0) is 32.0 Å². The Morgan fingerprint density at radius 1 is 1.15 bits per heavy atom. The number of aromatic nitrogens is 2. The molecule has 1 aliphatic heterocycles. The number of pyridine rings is 1. The van der Waals surface area contributed by atoms with Crippen molar-refractivity contribution in [2.24, 2.45) is 0 Å². The van der Waals surface area contributed by atoms with Crippen molar-refractivity contribution in [3.63, 3.8) is 0 Å². The van der Waals surface area contributed by atoms with E-state index in [0.717, 1.165) is 50.3 Å². The van der Waals surface area contributed by atoms with Gasteiger partial charge in [0.15, 0.2) is 17.4 Å². The van der Waals surface area contributed by atoms with E-state index in [1.54, 1.807) is 0 Å². The average Bonchev–Trinajstić information content (AvgIpc) is 3.23. The highest BCUT2D eigenvalue weighted by Crippen LogP contribution is 2.40. The number of fused-ring (bicyclic) bond motifs is 1. The van der Waals surface area contributed by atoms with E-state index in [4.69, 9.17) is 4.74 Å². The monoisotopic (exact) mass is 483 g/mol. The maximum absolute atomic E-state index is 14.6. The highest BCUT2D eigenvalue weighted by atomic mass is 19.4. The topological polar surface area (TPSA) is 82.3 Å². The second kappa shape index (κ2) is 9.84. The standard InChI is InChI=1S/C22H22F5N5O2/c23-15-10-13(31-21(33)29-6-9-32-7-2-1-3-8-32)11-16(24)19(15)34-17-4-5-28-20-18(17)14(12-30-20)22(25,26)27/h4-5,10-12H,1-3,6-9H2,(H,28,30)(H2,29,31,33). The third kappa shape index (κ3) is 5.38. The first kappa shape index (κ1) is 23.7. The van der Waals surface area contributed by atoms with E-state index in [0.29, 0.717) is 19.3 Å². The zero-order valence-electron chi connectivity index (χ0n) is 17.9. The summed E-state index contributed by atoms with van der Waals surface area (Å²) in [4.78, 5) is 20.4. The Kier molecular flexibility index (Phi) is 6.87. The SMILES string of the molecule is O=C(NCCN1CCCCC1)Nc1cc(F)c(Oc2ccnc3[nH]cc(C(F)(F)F)c23)c(F)c1. The summed E-state index contributed by atoms with van der Waals surface area (Å²) >= 11 is 0. The third-order valence-corrected chi connectivity index (χ3v) is 5.47. The molecule has 4 rings (SSSR count). The number of nitrogens with zero attached hydrogens (tertiary/aromatic N) is 2. The van der Waals surface area contributed by atoms with Crippen LogP contribution in [0.15, 0.2) is 30.6 Å². The molecule has 0 aliphatic carbocycles. The number of piperidine rings is 1. The molecule has 0 unspecified atom stereocenters. The van der Waals surface area contributed by atoms with E-state index >= 15 is 0 Å². The molecule has 1 aromatic carbocycles. The van der Waals surface area contributed by atoms with Crippen LogP contribution in [0.2, 0.25) is 0 Å². The van der Waals surface area contributed by atoms with Gasteiger partial charge in [0.2, 0.25) is 0 Å². The number of urea groups is 1. The van der Waals surface area contributed by atoms with E-state index in [1.165, 1.54) is 6.42 Å². The minimum Gasteiger partial charge on any atom is -0.450 e. The number of alkyl halides is 3. The van der Waals surface area contributed by atoms with Crippen molar-refractivity contribution in [2.75, 3.05) is 31.5 Å². The molecule has 12 heteroatoms. The number of aromatic amines is 1. The van der Waals surface area contributed by atoms with E-state index in [1.807, 2.05) is 0 Å². The van der Waals surface area contributed by atoms with Crippen molar-refractivity contribution in [1.29, 1.82) is 0 Å². The predicted octanol–water partition coefficient (Wildman–Crippen LogP) is 5.26. The van der Waals surface area contributed by atoms with Crippen LogP contribution in [0, 0.1) is 11.6 Å². The fourth-order valence-corrected chi connectivity index (χ4v) is 3.86. The lowest BCUT2D eigenvalue weighted by molar-refractivity contribution is -0.136. The predicted molar refractivity (Wildman–Crippen MR) is 115 cm³/mol. The Morgan fingerprint density at radius 2 is 1.85 bits per heavy atom. The molecule has 3 aromatic rings. The zero-order valence-corrected chi connectivity index (χ0v) is 17.9. The molecule has 0 radical (unpaired) electrons. The molecule has 0 saturated carbocycles. The second-order valence-corrected chi connectivity index (χ2v) is 7.89. The van der Waals surface area contributed by atoms with Crippen molar-refractivity contribution < 1.29 is 31.5 Å². The molecule has 3 heterocycles. The summed E-state index contributed by atoms with van der Waals surface area (Å²) in [6.45, 7) is 2.98. The molecule has 2 amide bonds. The van der Waals surface area contributed by atoms with Crippen LogP contribution in [0.4, 0.5) is 32.4 Å². The summed E-state index contributed by atoms with van der Waals surface area (Å²) < 4.78 is 74.3. The highest BCUT2D eigenvalue weighted by molar-refractivity contribution is 5.89. The summed E-state index contributed by atoms with van der Waals surface area (Å²) in [5.41, 5.74) is -1.40. The van der Waals surface area contributed by atoms with E-state index < -0.39 is 46.3 Å². The number of likely N-dealkylation sites (tertiary alicyclic amines) is 1. The molecule has 0 spiro atoms. The summed E-state index contributed by atoms with van der Waals surface area (Å²) in [6.07, 6.45) is 0.549. The quantitative estimate of drug-likeness (QED) is 0.418. The van der Waals surface area contributed by atoms with Gasteiger partial charge in [0.05, 0.1) is 10.9 Å². The Balaban J connectivity index is 1.45. The van der Waals surface area contributed by atoms with Crippen molar-refractivity contribution in [3.8, 4) is 11.5 Å². The smallest absolute Gasteiger partial charge is 0.418 e. The zero-order chi connectivity index (χ0) is 24.3. The number of rotatable bonds is 6. The van der Waals surface area contributed by atoms with Gasteiger partial charge in [-0.25, -0.2) is 18.6 Å². The van der Waals surface area contributed by atoms with Crippen LogP contribution in [-0.2, 0) is 6.18 Å². The lowest BCUT2D eigenvalue weighted by atomic mass is 10.1. The molecule has 1 saturated heterocycles. The maximum atomic E-state index is 14.6. The number of nitrogens with one attached hydrogen (secondary N) is 3. The molecular formula is C22H22F5N5O2. The number of carbonyl (C=O) groups excluding carboxylic acids is 1. The lowest BCUT2D eigenvalue weighted by Crippen LogP contribution is -2.39. The lowest BCUT2D eigenvalue weighted by Gasteiger charge is -2.26. The van der Waals surface area contributed by atoms with Crippen molar-refractivity contribution in [1.82, 2.24) is 20.2 Å². The molecular weight excluding hydrogens is 461 g/mol. The molecule has 3 N–H and O–H groups in total. The average molecular weight is 483 g/mol. The number of halogens is 5. The molecule has 0 atom stereocenters. The number of benzene rings is 1. The van der Waals surface area contributed by atoms with Crippen LogP contribution in [0.25, 0.3) is 11.0 Å². The first-order chi connectivity index (χ1) is 16.2. The van der Waals surface area contributed by atoms with Crippen LogP contribution in [0.3, 0.4) is 0 Å². The van der Waals surface area contributed by atoms with Gasteiger partial charge in [0.1, 0.15) is 11.4 Å². The first-order valence-corrected chi connectivity index (χ1v) is 10.7. The number of hydrogen-bond acceptors (Lipinski definition) is 4. The van der Waals surface area contributed by atoms with Crippen LogP contribution in [-0.4, -0.2) is 47.1 Å². The summed E-state index contributed by atoms with van der Waals surface area (Å²) in [5.74, 6) is -3.72. The highest BCUT2D eigenvalue weighted by Gasteiger charge is 2.35. The summed E-state index contributed by atoms with van der Waals surface area (Å²) in [7, 11) is 0. The Bertz CT molecular complexity index is 1150. The van der Waals surface area contributed by atoms with Gasteiger partial charge in [-0.3, -0.25) is 0 Å². The van der Waals surface area contributed by atoms with Gasteiger partial charge in [0, 0.05) is 43.3 Å². The van der Waals surface area contributed by atoms with Gasteiger partial charge in [0.25, 0.3) is 0 Å². The van der Waals surface area contributed by atoms with Gasteiger partial charge in [-0.15, -0.1) is 0 Å². The van der Waals surface area contributed by atoms with Crippen molar-refractivity contribution in [2.45, 2.75) is 25.4 Å². The number of hydrogen-bond donors (Lipinski definition) is 3. The Morgan fingerprint density at radius 3 is 2.53 bits per heavy atom. The Labute approximate surface area is 191 Å². The molecule has 2 aromatic heterocycles. The van der Waals surface area contributed by atoms with E-state index in [9.17, 15) is 26.7 Å². The second-order valence-electron chi connectivity index (χ2n) is 7.89. The molecule has 7 nitrogen and oxygen atoms in total. The third-order valence-electron chi connectivity index (χ3n) is 5.47. The number of amides is 2. The molecule has 0 bridgehead atoms. The van der Waals surface area contributed by atoms with Gasteiger partial charge >= 0.3 is 12.2 Å². The van der Waals surface area contributed by atoms with Crippen LogP contribution in [0.1, 0.15) is 24.8 Å².